The molecule has 0 spiro atoms. The minimum atomic E-state index is -0.667. The molecule has 1 saturated heterocycles. The standard InChI is InChI=1S/C26H19Cl2NO6S/c1-33-21-8-4-5-9-22(21)34-13-12-29-24(30)23(36-26(29)32)15-16-14-17(27)10-11-20(16)35-25(31)18-6-2-3-7-19(18)28/h2-11,14-15H,12-13H2,1H3/b23-15-. The number of carbonyl (C=O) groups excluding carboxylic acids is 3. The monoisotopic (exact) mass is 543 g/mol. The molecule has 0 radical (unpaired) electrons. The molecule has 1 aliphatic heterocycles. The normalized spacial score (nSPS) is 14.3. The van der Waals surface area contributed by atoms with Crippen LogP contribution in [0, 0.1) is 0 Å². The SMILES string of the molecule is COc1ccccc1OCCN1C(=O)S/C(=C\c2cc(Cl)ccc2OC(=O)c2ccccc2Cl)C1=O. The number of hydrogen-bond acceptors (Lipinski definition) is 7. The van der Waals surface area contributed by atoms with Crippen LogP contribution in [-0.4, -0.2) is 42.3 Å². The lowest BCUT2D eigenvalue weighted by Crippen LogP contribution is -2.32. The number of carbonyl (C=O) groups is 3. The van der Waals surface area contributed by atoms with Gasteiger partial charge in [-0.25, -0.2) is 4.79 Å². The number of amides is 2. The first-order chi connectivity index (χ1) is 17.4. The second-order valence-corrected chi connectivity index (χ2v) is 9.22. The summed E-state index contributed by atoms with van der Waals surface area (Å²) in [5, 5.41) is 0.171. The molecular formula is C26H19Cl2NO6S. The molecule has 0 unspecified atom stereocenters. The smallest absolute Gasteiger partial charge is 0.345 e. The lowest BCUT2D eigenvalue weighted by Gasteiger charge is -2.14. The maximum atomic E-state index is 12.9. The van der Waals surface area contributed by atoms with Gasteiger partial charge >= 0.3 is 5.97 Å². The summed E-state index contributed by atoms with van der Waals surface area (Å²) < 4.78 is 16.4. The van der Waals surface area contributed by atoms with Crippen LogP contribution >= 0.6 is 35.0 Å². The fourth-order valence-corrected chi connectivity index (χ4v) is 4.57. The Hall–Kier alpha value is -3.46. The second-order valence-electron chi connectivity index (χ2n) is 7.38. The number of esters is 1. The van der Waals surface area contributed by atoms with Gasteiger partial charge < -0.3 is 14.2 Å². The summed E-state index contributed by atoms with van der Waals surface area (Å²) in [5.41, 5.74) is 0.550. The summed E-state index contributed by atoms with van der Waals surface area (Å²) in [6.07, 6.45) is 1.47. The van der Waals surface area contributed by atoms with Gasteiger partial charge in [0.15, 0.2) is 11.5 Å². The molecule has 1 fully saturated rings. The van der Waals surface area contributed by atoms with E-state index in [-0.39, 0.29) is 34.4 Å². The van der Waals surface area contributed by atoms with Crippen molar-refractivity contribution in [3.8, 4) is 17.2 Å². The van der Waals surface area contributed by atoms with Crippen LogP contribution in [0.2, 0.25) is 10.0 Å². The number of methoxy groups -OCH3 is 1. The predicted molar refractivity (Wildman–Crippen MR) is 139 cm³/mol. The van der Waals surface area contributed by atoms with Crippen LogP contribution in [0.5, 0.6) is 17.2 Å². The van der Waals surface area contributed by atoms with Crippen LogP contribution in [0.4, 0.5) is 4.79 Å². The molecule has 0 N–H and O–H groups in total. The van der Waals surface area contributed by atoms with Gasteiger partial charge in [0.1, 0.15) is 12.4 Å². The van der Waals surface area contributed by atoms with E-state index in [4.69, 9.17) is 37.4 Å². The van der Waals surface area contributed by atoms with E-state index in [0.717, 1.165) is 16.7 Å². The Morgan fingerprint density at radius 1 is 0.972 bits per heavy atom. The van der Waals surface area contributed by atoms with Crippen LogP contribution in [0.1, 0.15) is 15.9 Å². The van der Waals surface area contributed by atoms with Crippen molar-refractivity contribution < 1.29 is 28.6 Å². The molecule has 3 aromatic carbocycles. The lowest BCUT2D eigenvalue weighted by atomic mass is 10.1. The molecule has 0 saturated carbocycles. The molecule has 2 amide bonds. The van der Waals surface area contributed by atoms with Crippen molar-refractivity contribution in [1.82, 2.24) is 4.90 Å². The van der Waals surface area contributed by atoms with Crippen molar-refractivity contribution >= 4 is 58.2 Å². The minimum absolute atomic E-state index is 0.0456. The molecule has 0 aliphatic carbocycles. The topological polar surface area (TPSA) is 82.1 Å². The number of halogens is 2. The van der Waals surface area contributed by atoms with E-state index in [9.17, 15) is 14.4 Å². The third-order valence-corrected chi connectivity index (χ3v) is 6.54. The number of hydrogen-bond donors (Lipinski definition) is 0. The lowest BCUT2D eigenvalue weighted by molar-refractivity contribution is -0.123. The van der Waals surface area contributed by atoms with Gasteiger partial charge in [0.25, 0.3) is 11.1 Å². The molecule has 0 bridgehead atoms. The van der Waals surface area contributed by atoms with E-state index >= 15 is 0 Å². The molecule has 36 heavy (non-hydrogen) atoms. The molecular weight excluding hydrogens is 525 g/mol. The number of ether oxygens (including phenoxy) is 3. The molecule has 184 valence electrons. The maximum Gasteiger partial charge on any atom is 0.345 e. The summed E-state index contributed by atoms with van der Waals surface area (Å²) in [4.78, 5) is 39.4. The number of benzene rings is 3. The van der Waals surface area contributed by atoms with E-state index < -0.39 is 17.1 Å². The van der Waals surface area contributed by atoms with E-state index in [1.807, 2.05) is 6.07 Å². The highest BCUT2D eigenvalue weighted by Gasteiger charge is 2.35. The van der Waals surface area contributed by atoms with E-state index in [1.54, 1.807) is 48.5 Å². The van der Waals surface area contributed by atoms with Gasteiger partial charge in [-0.05, 0) is 60.3 Å². The zero-order valence-corrected chi connectivity index (χ0v) is 21.2. The Morgan fingerprint density at radius 2 is 1.69 bits per heavy atom. The average Bonchev–Trinajstić information content (AvgIpc) is 3.13. The number of nitrogens with zero attached hydrogens (tertiary/aromatic N) is 1. The number of rotatable bonds is 8. The Morgan fingerprint density at radius 3 is 2.44 bits per heavy atom. The summed E-state index contributed by atoms with van der Waals surface area (Å²) in [6.45, 7) is 0.132. The molecule has 0 aromatic heterocycles. The van der Waals surface area contributed by atoms with Gasteiger partial charge in [0.2, 0.25) is 0 Å². The average molecular weight is 544 g/mol. The summed E-state index contributed by atoms with van der Waals surface area (Å²) in [5.74, 6) is 0.0598. The first-order valence-electron chi connectivity index (χ1n) is 10.6. The van der Waals surface area contributed by atoms with Gasteiger partial charge in [-0.2, -0.15) is 0 Å². The van der Waals surface area contributed by atoms with Crippen LogP contribution in [0.25, 0.3) is 6.08 Å². The Labute approximate surface area is 221 Å². The number of para-hydroxylation sites is 2. The van der Waals surface area contributed by atoms with Gasteiger partial charge in [-0.1, -0.05) is 47.5 Å². The Balaban J connectivity index is 1.49. The van der Waals surface area contributed by atoms with E-state index in [0.29, 0.717) is 22.1 Å². The van der Waals surface area contributed by atoms with Crippen molar-refractivity contribution in [3.63, 3.8) is 0 Å². The number of imide groups is 1. The molecule has 7 nitrogen and oxygen atoms in total. The highest BCUT2D eigenvalue weighted by molar-refractivity contribution is 8.18. The van der Waals surface area contributed by atoms with Gasteiger partial charge in [0, 0.05) is 10.6 Å². The van der Waals surface area contributed by atoms with E-state index in [2.05, 4.69) is 0 Å². The first kappa shape index (κ1) is 25.6. The summed E-state index contributed by atoms with van der Waals surface area (Å²) in [6, 6.07) is 18.2. The minimum Gasteiger partial charge on any atom is -0.493 e. The van der Waals surface area contributed by atoms with E-state index in [1.165, 1.54) is 25.3 Å². The van der Waals surface area contributed by atoms with Gasteiger partial charge in [-0.3, -0.25) is 14.5 Å². The van der Waals surface area contributed by atoms with Crippen LogP contribution in [0.3, 0.4) is 0 Å². The van der Waals surface area contributed by atoms with Gasteiger partial charge in [0.05, 0.1) is 29.1 Å². The molecule has 10 heteroatoms. The molecule has 1 heterocycles. The third-order valence-electron chi connectivity index (χ3n) is 5.07. The van der Waals surface area contributed by atoms with Crippen molar-refractivity contribution in [2.24, 2.45) is 0 Å². The molecule has 1 aliphatic rings. The molecule has 3 aromatic rings. The van der Waals surface area contributed by atoms with Crippen LogP contribution in [0.15, 0.2) is 71.6 Å². The van der Waals surface area contributed by atoms with Crippen molar-refractivity contribution in [3.05, 3.63) is 92.8 Å². The Kier molecular flexibility index (Phi) is 8.20. The fourth-order valence-electron chi connectivity index (χ4n) is 3.33. The van der Waals surface area contributed by atoms with Crippen LogP contribution in [-0.2, 0) is 4.79 Å². The van der Waals surface area contributed by atoms with Gasteiger partial charge in [-0.15, -0.1) is 0 Å². The fraction of sp³-hybridized carbons (Fsp3) is 0.115. The van der Waals surface area contributed by atoms with Crippen molar-refractivity contribution in [2.75, 3.05) is 20.3 Å². The highest BCUT2D eigenvalue weighted by Crippen LogP contribution is 2.35. The molecule has 4 rings (SSSR count). The third kappa shape index (κ3) is 5.84. The summed E-state index contributed by atoms with van der Waals surface area (Å²) >= 11 is 13.0. The molecule has 0 atom stereocenters. The number of thioether (sulfide) groups is 1. The van der Waals surface area contributed by atoms with Crippen molar-refractivity contribution in [1.29, 1.82) is 0 Å². The van der Waals surface area contributed by atoms with Crippen LogP contribution < -0.4 is 14.2 Å². The predicted octanol–water partition coefficient (Wildman–Crippen LogP) is 6.34. The second kappa shape index (κ2) is 11.5. The zero-order chi connectivity index (χ0) is 25.7. The summed E-state index contributed by atoms with van der Waals surface area (Å²) in [7, 11) is 1.53. The quantitative estimate of drug-likeness (QED) is 0.186. The largest absolute Gasteiger partial charge is 0.493 e. The zero-order valence-electron chi connectivity index (χ0n) is 18.9. The van der Waals surface area contributed by atoms with Crippen molar-refractivity contribution in [2.45, 2.75) is 0 Å². The first-order valence-corrected chi connectivity index (χ1v) is 12.2. The Bertz CT molecular complexity index is 1360. The highest BCUT2D eigenvalue weighted by atomic mass is 35.5. The maximum absolute atomic E-state index is 12.9.